The first kappa shape index (κ1) is 43.8. The monoisotopic (exact) mass is 829 g/mol. The van der Waals surface area contributed by atoms with E-state index in [9.17, 15) is 19.5 Å². The van der Waals surface area contributed by atoms with Gasteiger partial charge in [0, 0.05) is 47.6 Å². The van der Waals surface area contributed by atoms with Gasteiger partial charge in [0.05, 0.1) is 37.5 Å². The van der Waals surface area contributed by atoms with Gasteiger partial charge in [-0.3, -0.25) is 14.4 Å². The first-order valence-electron chi connectivity index (χ1n) is 22.4. The second-order valence-corrected chi connectivity index (χ2v) is 18.4. The fraction of sp³-hybridized carbons (Fsp3) is 0.481. The van der Waals surface area contributed by atoms with Crippen molar-refractivity contribution >= 4 is 23.5 Å². The average molecular weight is 830 g/mol. The Labute approximate surface area is 361 Å². The number of amides is 2. The number of benzene rings is 4. The third-order valence-corrected chi connectivity index (χ3v) is 12.6. The summed E-state index contributed by atoms with van der Waals surface area (Å²) in [6.45, 7) is 15.9. The first-order valence-corrected chi connectivity index (χ1v) is 22.4. The second-order valence-electron chi connectivity index (χ2n) is 18.4. The molecule has 1 aliphatic heterocycles. The maximum Gasteiger partial charge on any atom is 0.309 e. The number of imide groups is 1. The van der Waals surface area contributed by atoms with E-state index in [2.05, 4.69) is 82.3 Å². The number of aliphatic carboxylic acids is 1. The average Bonchev–Trinajstić information content (AvgIpc) is 3.21. The first-order chi connectivity index (χ1) is 29.3. The summed E-state index contributed by atoms with van der Waals surface area (Å²) in [5, 5.41) is 10.3. The minimum absolute atomic E-state index is 0.147. The lowest BCUT2D eigenvalue weighted by Gasteiger charge is -2.55. The highest BCUT2D eigenvalue weighted by Crippen LogP contribution is 2.59. The molecule has 10 bridgehead atoms. The van der Waals surface area contributed by atoms with Crippen LogP contribution >= 0.6 is 0 Å². The predicted octanol–water partition coefficient (Wildman–Crippen LogP) is 10.7. The number of carboxylic acids is 1. The number of carbonyl (C=O) groups excluding carboxylic acids is 2. The molecule has 1 N–H and O–H groups in total. The standard InChI is InChI=1S/C52H63NO8/c1-8-21-58-43-34-15-12-16-35(43)26-37-18-14-20-39(45(37)60-23-10-3)28-41-30-42(53-47(54)50(5)31-51(6,48(53)55)33-52(7,32-50)49(56)57)29-40(46(41)61-24-11-4)27-38-19-13-17-36(25-34)44(38)59-22-9-2/h12-20,29-30H,8-11,21-28,31-33H2,1-7H3,(H,56,57)/t50-,51+,52?. The number of carbonyl (C=O) groups is 3. The van der Waals surface area contributed by atoms with Crippen LogP contribution in [-0.2, 0) is 40.1 Å². The van der Waals surface area contributed by atoms with Crippen molar-refractivity contribution in [2.75, 3.05) is 31.3 Å². The number of rotatable bonds is 14. The molecule has 1 unspecified atom stereocenters. The highest BCUT2D eigenvalue weighted by Gasteiger charge is 2.63. The summed E-state index contributed by atoms with van der Waals surface area (Å²) in [4.78, 5) is 43.8. The Hall–Kier alpha value is -5.31. The van der Waals surface area contributed by atoms with Gasteiger partial charge >= 0.3 is 5.97 Å². The molecule has 3 atom stereocenters. The van der Waals surface area contributed by atoms with Gasteiger partial charge in [-0.25, -0.2) is 4.90 Å². The van der Waals surface area contributed by atoms with Crippen LogP contribution < -0.4 is 23.8 Å². The van der Waals surface area contributed by atoms with Crippen molar-refractivity contribution in [1.29, 1.82) is 0 Å². The third kappa shape index (κ3) is 8.62. The summed E-state index contributed by atoms with van der Waals surface area (Å²) in [5.41, 5.74) is 4.96. The van der Waals surface area contributed by atoms with E-state index in [0.717, 1.165) is 87.4 Å². The zero-order chi connectivity index (χ0) is 43.5. The van der Waals surface area contributed by atoms with Crippen molar-refractivity contribution in [2.24, 2.45) is 16.2 Å². The molecule has 1 saturated carbocycles. The lowest BCUT2D eigenvalue weighted by molar-refractivity contribution is -0.167. The fourth-order valence-corrected chi connectivity index (χ4v) is 10.3. The Morgan fingerprint density at radius 1 is 0.525 bits per heavy atom. The fourth-order valence-electron chi connectivity index (χ4n) is 10.3. The molecule has 0 aromatic heterocycles. The van der Waals surface area contributed by atoms with Crippen molar-refractivity contribution < 1.29 is 38.4 Å². The van der Waals surface area contributed by atoms with E-state index >= 15 is 0 Å². The van der Waals surface area contributed by atoms with Crippen LogP contribution in [0.2, 0.25) is 0 Å². The normalized spacial score (nSPS) is 22.1. The lowest BCUT2D eigenvalue weighted by Crippen LogP contribution is -2.64. The minimum Gasteiger partial charge on any atom is -0.493 e. The number of hydrogen-bond acceptors (Lipinski definition) is 7. The number of para-hydroxylation sites is 3. The highest BCUT2D eigenvalue weighted by molar-refractivity contribution is 6.21. The molecule has 1 saturated heterocycles. The van der Waals surface area contributed by atoms with Crippen molar-refractivity contribution in [2.45, 2.75) is 119 Å². The molecule has 0 radical (unpaired) electrons. The Morgan fingerprint density at radius 2 is 0.820 bits per heavy atom. The Bertz CT molecular complexity index is 2160. The Kier molecular flexibility index (Phi) is 12.9. The summed E-state index contributed by atoms with van der Waals surface area (Å²) >= 11 is 0. The number of nitrogens with zero attached hydrogens (tertiary/aromatic N) is 1. The number of fused-ring (bicyclic) bond motifs is 10. The zero-order valence-corrected chi connectivity index (χ0v) is 37.2. The number of ether oxygens (including phenoxy) is 4. The van der Waals surface area contributed by atoms with E-state index in [4.69, 9.17) is 18.9 Å². The Balaban J connectivity index is 1.49. The summed E-state index contributed by atoms with van der Waals surface area (Å²) in [5.74, 6) is 1.51. The van der Waals surface area contributed by atoms with E-state index < -0.39 is 22.2 Å². The van der Waals surface area contributed by atoms with Gasteiger partial charge < -0.3 is 24.1 Å². The van der Waals surface area contributed by atoms with Crippen LogP contribution in [0.5, 0.6) is 23.0 Å². The lowest BCUT2D eigenvalue weighted by atomic mass is 9.51. The van der Waals surface area contributed by atoms with Gasteiger partial charge in [-0.05, 0) is 97.4 Å². The van der Waals surface area contributed by atoms with Gasteiger partial charge in [0.15, 0.2) is 0 Å². The van der Waals surface area contributed by atoms with Crippen LogP contribution in [-0.4, -0.2) is 49.3 Å². The van der Waals surface area contributed by atoms with Gasteiger partial charge in [-0.2, -0.15) is 0 Å². The van der Waals surface area contributed by atoms with Gasteiger partial charge in [-0.15, -0.1) is 0 Å². The van der Waals surface area contributed by atoms with Crippen LogP contribution in [0.3, 0.4) is 0 Å². The van der Waals surface area contributed by atoms with Crippen molar-refractivity contribution in [3.05, 3.63) is 111 Å². The van der Waals surface area contributed by atoms with Crippen LogP contribution in [0.15, 0.2) is 66.7 Å². The van der Waals surface area contributed by atoms with Gasteiger partial charge in [-0.1, -0.05) is 96.1 Å². The smallest absolute Gasteiger partial charge is 0.309 e. The SMILES string of the molecule is CCCOc1c2cccc1Cc1cccc(c1OCCC)Cc1cc(N3C(=O)[C@@]4(C)CC(C)(C(=O)O)C[C@](C)(C4)C3=O)cc(c1OCCC)Cc1cccc(c1OCCC)C2. The number of carboxylic acid groups (broad SMARTS) is 1. The molecular formula is C52H63NO8. The molecule has 61 heavy (non-hydrogen) atoms. The van der Waals surface area contributed by atoms with Crippen molar-refractivity contribution in [1.82, 2.24) is 0 Å². The largest absolute Gasteiger partial charge is 0.493 e. The van der Waals surface area contributed by atoms with Crippen molar-refractivity contribution in [3.8, 4) is 23.0 Å². The molecule has 7 rings (SSSR count). The molecule has 0 spiro atoms. The van der Waals surface area contributed by atoms with E-state index in [-0.39, 0.29) is 24.7 Å². The van der Waals surface area contributed by atoms with E-state index in [1.807, 2.05) is 26.0 Å². The molecule has 4 aromatic rings. The van der Waals surface area contributed by atoms with E-state index in [1.165, 1.54) is 4.90 Å². The predicted molar refractivity (Wildman–Crippen MR) is 238 cm³/mol. The molecule has 3 aliphatic rings. The molecule has 4 aromatic carbocycles. The number of hydrogen-bond donors (Lipinski definition) is 1. The molecule has 1 heterocycles. The third-order valence-electron chi connectivity index (χ3n) is 12.6. The minimum atomic E-state index is -1.21. The van der Waals surface area contributed by atoms with Gasteiger partial charge in [0.1, 0.15) is 23.0 Å². The quantitative estimate of drug-likeness (QED) is 0.110. The molecule has 9 nitrogen and oxygen atoms in total. The maximum atomic E-state index is 14.9. The molecule has 324 valence electrons. The number of anilines is 1. The molecule has 9 heteroatoms. The van der Waals surface area contributed by atoms with Crippen LogP contribution in [0, 0.1) is 16.2 Å². The summed E-state index contributed by atoms with van der Waals surface area (Å²) in [6.07, 6.45) is 5.92. The summed E-state index contributed by atoms with van der Waals surface area (Å²) in [7, 11) is 0. The van der Waals surface area contributed by atoms with E-state index in [1.54, 1.807) is 6.92 Å². The molecule has 2 amide bonds. The van der Waals surface area contributed by atoms with E-state index in [0.29, 0.717) is 70.0 Å². The summed E-state index contributed by atoms with van der Waals surface area (Å²) < 4.78 is 26.7. The number of piperidine rings is 1. The molecule has 2 aliphatic carbocycles. The van der Waals surface area contributed by atoms with Crippen LogP contribution in [0.4, 0.5) is 5.69 Å². The van der Waals surface area contributed by atoms with Gasteiger partial charge in [0.25, 0.3) is 0 Å². The topological polar surface area (TPSA) is 112 Å². The van der Waals surface area contributed by atoms with Gasteiger partial charge in [0.2, 0.25) is 11.8 Å². The van der Waals surface area contributed by atoms with Crippen LogP contribution in [0.1, 0.15) is 138 Å². The highest BCUT2D eigenvalue weighted by atomic mass is 16.5. The Morgan fingerprint density at radius 3 is 1.11 bits per heavy atom. The zero-order valence-electron chi connectivity index (χ0n) is 37.2. The second kappa shape index (κ2) is 18.0. The summed E-state index contributed by atoms with van der Waals surface area (Å²) in [6, 6.07) is 22.9. The molecule has 2 fully saturated rings. The van der Waals surface area contributed by atoms with Crippen LogP contribution in [0.25, 0.3) is 0 Å². The molecular weight excluding hydrogens is 767 g/mol. The maximum absolute atomic E-state index is 14.9. The van der Waals surface area contributed by atoms with Crippen molar-refractivity contribution in [3.63, 3.8) is 0 Å².